The van der Waals surface area contributed by atoms with E-state index in [2.05, 4.69) is 5.32 Å². The van der Waals surface area contributed by atoms with Crippen molar-refractivity contribution < 1.29 is 9.72 Å². The molecule has 1 fully saturated rings. The van der Waals surface area contributed by atoms with Gasteiger partial charge in [0.25, 0.3) is 11.6 Å². The summed E-state index contributed by atoms with van der Waals surface area (Å²) in [6.07, 6.45) is 3.51. The van der Waals surface area contributed by atoms with E-state index in [9.17, 15) is 14.9 Å². The van der Waals surface area contributed by atoms with Gasteiger partial charge in [-0.1, -0.05) is 0 Å². The summed E-state index contributed by atoms with van der Waals surface area (Å²) < 4.78 is 1.83. The van der Waals surface area contributed by atoms with Gasteiger partial charge in [-0.15, -0.1) is 0 Å². The second kappa shape index (κ2) is 5.65. The Hall–Kier alpha value is -3.00. The molecule has 23 heavy (non-hydrogen) atoms. The lowest BCUT2D eigenvalue weighted by atomic mass is 10.2. The number of rotatable bonds is 3. The molecule has 1 amide bonds. The average Bonchev–Trinajstić information content (AvgIpc) is 3.09. The van der Waals surface area contributed by atoms with Crippen LogP contribution in [0.4, 0.5) is 5.69 Å². The zero-order chi connectivity index (χ0) is 16.6. The standard InChI is InChI=1S/C15H12N4O3S/c1-17-14(20)13(16-15(17)23)9-12-3-2-8-18(12)10-4-6-11(7-5-10)19(21)22/h2-9H,1H3,(H,16,23)/b13-9+. The van der Waals surface area contributed by atoms with Crippen molar-refractivity contribution in [3.05, 3.63) is 64.1 Å². The summed E-state index contributed by atoms with van der Waals surface area (Å²) >= 11 is 5.04. The number of nitro benzene ring substituents is 1. The second-order valence-corrected chi connectivity index (χ2v) is 5.32. The van der Waals surface area contributed by atoms with Gasteiger partial charge in [-0.05, 0) is 42.6 Å². The molecule has 3 rings (SSSR count). The third kappa shape index (κ3) is 2.71. The van der Waals surface area contributed by atoms with Crippen molar-refractivity contribution in [2.45, 2.75) is 0 Å². The molecule has 0 atom stereocenters. The molecule has 1 aliphatic heterocycles. The fourth-order valence-electron chi connectivity index (χ4n) is 2.25. The number of nitrogens with zero attached hydrogens (tertiary/aromatic N) is 3. The molecule has 0 bridgehead atoms. The minimum atomic E-state index is -0.444. The molecule has 0 aliphatic carbocycles. The number of carbonyl (C=O) groups is 1. The molecule has 7 nitrogen and oxygen atoms in total. The van der Waals surface area contributed by atoms with Crippen molar-refractivity contribution in [3.8, 4) is 5.69 Å². The summed E-state index contributed by atoms with van der Waals surface area (Å²) in [5, 5.41) is 13.9. The third-order valence-electron chi connectivity index (χ3n) is 3.49. The summed E-state index contributed by atoms with van der Waals surface area (Å²) in [5.41, 5.74) is 1.93. The van der Waals surface area contributed by atoms with E-state index >= 15 is 0 Å². The van der Waals surface area contributed by atoms with Gasteiger partial charge in [-0.25, -0.2) is 0 Å². The monoisotopic (exact) mass is 328 g/mol. The first-order chi connectivity index (χ1) is 11.0. The number of hydrogen-bond donors (Lipinski definition) is 1. The number of carbonyl (C=O) groups excluding carboxylic acids is 1. The van der Waals surface area contributed by atoms with Crippen molar-refractivity contribution >= 4 is 35.0 Å². The molecule has 1 aromatic carbocycles. The highest BCUT2D eigenvalue weighted by molar-refractivity contribution is 7.80. The van der Waals surface area contributed by atoms with Crippen LogP contribution in [0.3, 0.4) is 0 Å². The van der Waals surface area contributed by atoms with Crippen LogP contribution >= 0.6 is 12.2 Å². The van der Waals surface area contributed by atoms with Gasteiger partial charge >= 0.3 is 0 Å². The highest BCUT2D eigenvalue weighted by Gasteiger charge is 2.27. The maximum absolute atomic E-state index is 12.0. The number of thiocarbonyl (C=S) groups is 1. The van der Waals surface area contributed by atoms with Crippen LogP contribution in [0.25, 0.3) is 11.8 Å². The summed E-state index contributed by atoms with van der Waals surface area (Å²) in [4.78, 5) is 23.7. The first kappa shape index (κ1) is 14.9. The fraction of sp³-hybridized carbons (Fsp3) is 0.0667. The first-order valence-corrected chi connectivity index (χ1v) is 7.11. The molecule has 1 saturated heterocycles. The van der Waals surface area contributed by atoms with Crippen molar-refractivity contribution in [1.29, 1.82) is 0 Å². The molecule has 2 aromatic rings. The van der Waals surface area contributed by atoms with Crippen LogP contribution in [0, 0.1) is 10.1 Å². The largest absolute Gasteiger partial charge is 0.328 e. The Morgan fingerprint density at radius 3 is 2.52 bits per heavy atom. The first-order valence-electron chi connectivity index (χ1n) is 6.70. The quantitative estimate of drug-likeness (QED) is 0.404. The van der Waals surface area contributed by atoms with Gasteiger partial charge in [-0.3, -0.25) is 19.8 Å². The lowest BCUT2D eigenvalue weighted by Crippen LogP contribution is -2.25. The van der Waals surface area contributed by atoms with Crippen LogP contribution in [0.5, 0.6) is 0 Å². The Kier molecular flexibility index (Phi) is 3.67. The number of non-ortho nitro benzene ring substituents is 1. The van der Waals surface area contributed by atoms with Crippen LogP contribution in [-0.2, 0) is 4.79 Å². The number of hydrogen-bond acceptors (Lipinski definition) is 4. The van der Waals surface area contributed by atoms with E-state index in [1.807, 2.05) is 22.9 Å². The van der Waals surface area contributed by atoms with E-state index in [0.717, 1.165) is 11.4 Å². The Balaban J connectivity index is 1.96. The molecule has 116 valence electrons. The Morgan fingerprint density at radius 2 is 1.96 bits per heavy atom. The van der Waals surface area contributed by atoms with Crippen LogP contribution in [-0.4, -0.2) is 32.5 Å². The van der Waals surface area contributed by atoms with E-state index in [-0.39, 0.29) is 11.6 Å². The predicted molar refractivity (Wildman–Crippen MR) is 88.9 cm³/mol. The zero-order valence-corrected chi connectivity index (χ0v) is 12.9. The van der Waals surface area contributed by atoms with Gasteiger partial charge in [0.15, 0.2) is 5.11 Å². The lowest BCUT2D eigenvalue weighted by molar-refractivity contribution is -0.384. The summed E-state index contributed by atoms with van der Waals surface area (Å²) in [5.74, 6) is -0.202. The number of aromatic nitrogens is 1. The molecular weight excluding hydrogens is 316 g/mol. The molecular formula is C15H12N4O3S. The lowest BCUT2D eigenvalue weighted by Gasteiger charge is -2.07. The van der Waals surface area contributed by atoms with Gasteiger partial charge in [0.1, 0.15) is 5.70 Å². The smallest absolute Gasteiger partial charge is 0.276 e. The second-order valence-electron chi connectivity index (χ2n) is 4.93. The molecule has 0 unspecified atom stereocenters. The minimum Gasteiger partial charge on any atom is -0.328 e. The van der Waals surface area contributed by atoms with Gasteiger partial charge in [0.2, 0.25) is 0 Å². The van der Waals surface area contributed by atoms with Crippen molar-refractivity contribution in [1.82, 2.24) is 14.8 Å². The Labute approximate surface area is 137 Å². The van der Waals surface area contributed by atoms with E-state index < -0.39 is 4.92 Å². The fourth-order valence-corrected chi connectivity index (χ4v) is 2.45. The maximum atomic E-state index is 12.0. The van der Waals surface area contributed by atoms with Gasteiger partial charge in [0, 0.05) is 36.8 Å². The molecule has 1 N–H and O–H groups in total. The van der Waals surface area contributed by atoms with Crippen LogP contribution in [0.15, 0.2) is 48.3 Å². The number of benzene rings is 1. The Bertz CT molecular complexity index is 839. The zero-order valence-electron chi connectivity index (χ0n) is 12.1. The van der Waals surface area contributed by atoms with Gasteiger partial charge < -0.3 is 9.88 Å². The summed E-state index contributed by atoms with van der Waals surface area (Å²) in [7, 11) is 1.61. The van der Waals surface area contributed by atoms with E-state index in [4.69, 9.17) is 12.2 Å². The topological polar surface area (TPSA) is 80.4 Å². The molecule has 1 aliphatic rings. The highest BCUT2D eigenvalue weighted by Crippen LogP contribution is 2.20. The van der Waals surface area contributed by atoms with Crippen LogP contribution < -0.4 is 5.32 Å². The summed E-state index contributed by atoms with van der Waals surface area (Å²) in [6.45, 7) is 0. The third-order valence-corrected chi connectivity index (χ3v) is 3.87. The minimum absolute atomic E-state index is 0.0282. The van der Waals surface area contributed by atoms with Crippen molar-refractivity contribution in [2.75, 3.05) is 7.05 Å². The van der Waals surface area contributed by atoms with Crippen LogP contribution in [0.2, 0.25) is 0 Å². The molecule has 8 heteroatoms. The SMILES string of the molecule is CN1C(=O)/C(=C\c2cccn2-c2ccc([N+](=O)[O-])cc2)NC1=S. The number of nitrogens with one attached hydrogen (secondary N) is 1. The van der Waals surface area contributed by atoms with E-state index in [1.165, 1.54) is 17.0 Å². The van der Waals surface area contributed by atoms with Crippen LogP contribution in [0.1, 0.15) is 5.69 Å². The molecule has 2 heterocycles. The predicted octanol–water partition coefficient (Wildman–Crippen LogP) is 2.07. The average molecular weight is 328 g/mol. The van der Waals surface area contributed by atoms with Gasteiger partial charge in [0.05, 0.1) is 4.92 Å². The van der Waals surface area contributed by atoms with Gasteiger partial charge in [-0.2, -0.15) is 0 Å². The molecule has 0 saturated carbocycles. The van der Waals surface area contributed by atoms with Crippen molar-refractivity contribution in [3.63, 3.8) is 0 Å². The number of nitro groups is 1. The molecule has 0 spiro atoms. The number of amides is 1. The van der Waals surface area contributed by atoms with Crippen molar-refractivity contribution in [2.24, 2.45) is 0 Å². The van der Waals surface area contributed by atoms with E-state index in [0.29, 0.717) is 10.8 Å². The van der Waals surface area contributed by atoms with E-state index in [1.54, 1.807) is 25.3 Å². The molecule has 0 radical (unpaired) electrons. The Morgan fingerprint density at radius 1 is 1.26 bits per heavy atom. The summed E-state index contributed by atoms with van der Waals surface area (Å²) in [6, 6.07) is 9.85. The highest BCUT2D eigenvalue weighted by atomic mass is 32.1. The number of likely N-dealkylation sites (N-methyl/N-ethyl adjacent to an activating group) is 1. The normalized spacial score (nSPS) is 16.0. The molecule has 1 aromatic heterocycles. The maximum Gasteiger partial charge on any atom is 0.276 e.